The Hall–Kier alpha value is -2.04. The average Bonchev–Trinajstić information content (AvgIpc) is 2.61. The van der Waals surface area contributed by atoms with E-state index in [9.17, 15) is 17.9 Å². The van der Waals surface area contributed by atoms with Crippen LogP contribution in [-0.2, 0) is 16.4 Å². The highest BCUT2D eigenvalue weighted by Gasteiger charge is 2.19. The van der Waals surface area contributed by atoms with Crippen molar-refractivity contribution in [1.82, 2.24) is 15.0 Å². The van der Waals surface area contributed by atoms with Crippen LogP contribution in [0, 0.1) is 11.7 Å². The zero-order valence-electron chi connectivity index (χ0n) is 17.4. The molecule has 2 rings (SSSR count). The van der Waals surface area contributed by atoms with Gasteiger partial charge in [0.2, 0.25) is 21.9 Å². The van der Waals surface area contributed by atoms with Gasteiger partial charge in [-0.3, -0.25) is 4.72 Å². The molecule has 0 bridgehead atoms. The number of nitrogens with zero attached hydrogens (tertiary/aromatic N) is 3. The van der Waals surface area contributed by atoms with Crippen molar-refractivity contribution in [1.29, 1.82) is 0 Å². The van der Waals surface area contributed by atoms with Gasteiger partial charge in [-0.15, -0.1) is 0 Å². The molecule has 0 amide bonds. The smallest absolute Gasteiger partial charge is 0.241 e. The van der Waals surface area contributed by atoms with Gasteiger partial charge >= 0.3 is 0 Å². The van der Waals surface area contributed by atoms with Gasteiger partial charge in [-0.2, -0.15) is 15.0 Å². The van der Waals surface area contributed by atoms with Gasteiger partial charge in [-0.25, -0.2) is 12.8 Å². The summed E-state index contributed by atoms with van der Waals surface area (Å²) >= 11 is 5.87. The topological polar surface area (TPSA) is 117 Å². The van der Waals surface area contributed by atoms with Gasteiger partial charge in [-0.1, -0.05) is 44.5 Å². The maximum absolute atomic E-state index is 14.4. The molecule has 0 saturated heterocycles. The molecule has 0 aliphatic rings. The number of aromatic nitrogens is 3. The van der Waals surface area contributed by atoms with E-state index >= 15 is 0 Å². The van der Waals surface area contributed by atoms with Crippen LogP contribution in [0.2, 0.25) is 5.02 Å². The SMILES string of the molecule is CC(C)C[C@H](CO)Nc1nc(CC(C)c2cccc(Cl)c2F)nc(NS(C)(=O)=O)n1. The Morgan fingerprint density at radius 2 is 1.83 bits per heavy atom. The van der Waals surface area contributed by atoms with Crippen LogP contribution in [0.3, 0.4) is 0 Å². The van der Waals surface area contributed by atoms with Crippen LogP contribution in [0.1, 0.15) is 44.5 Å². The van der Waals surface area contributed by atoms with Gasteiger partial charge in [0, 0.05) is 6.42 Å². The molecule has 166 valence electrons. The Kier molecular flexibility index (Phi) is 8.34. The summed E-state index contributed by atoms with van der Waals surface area (Å²) in [5.41, 5.74) is 0.406. The third kappa shape index (κ3) is 7.33. The average molecular weight is 460 g/mol. The van der Waals surface area contributed by atoms with E-state index in [4.69, 9.17) is 11.6 Å². The van der Waals surface area contributed by atoms with Crippen LogP contribution in [0.15, 0.2) is 18.2 Å². The van der Waals surface area contributed by atoms with Gasteiger partial charge in [0.15, 0.2) is 0 Å². The highest BCUT2D eigenvalue weighted by Crippen LogP contribution is 2.27. The van der Waals surface area contributed by atoms with E-state index in [0.29, 0.717) is 17.9 Å². The third-order valence-electron chi connectivity index (χ3n) is 4.27. The molecule has 8 nitrogen and oxygen atoms in total. The van der Waals surface area contributed by atoms with Crippen molar-refractivity contribution in [2.75, 3.05) is 22.9 Å². The molecule has 0 aliphatic heterocycles. The number of aliphatic hydroxyl groups excluding tert-OH is 1. The fourth-order valence-corrected chi connectivity index (χ4v) is 3.61. The molecule has 0 fully saturated rings. The summed E-state index contributed by atoms with van der Waals surface area (Å²) in [7, 11) is -3.61. The summed E-state index contributed by atoms with van der Waals surface area (Å²) in [5.74, 6) is -0.267. The van der Waals surface area contributed by atoms with E-state index in [-0.39, 0.29) is 47.7 Å². The van der Waals surface area contributed by atoms with Crippen molar-refractivity contribution in [3.05, 3.63) is 40.4 Å². The van der Waals surface area contributed by atoms with Crippen LogP contribution in [-0.4, -0.2) is 47.4 Å². The number of sulfonamides is 1. The number of nitrogens with one attached hydrogen (secondary N) is 2. The molecule has 1 unspecified atom stereocenters. The van der Waals surface area contributed by atoms with Crippen LogP contribution >= 0.6 is 11.6 Å². The lowest BCUT2D eigenvalue weighted by Gasteiger charge is -2.19. The van der Waals surface area contributed by atoms with Crippen LogP contribution in [0.4, 0.5) is 16.3 Å². The van der Waals surface area contributed by atoms with Crippen LogP contribution in [0.25, 0.3) is 0 Å². The summed E-state index contributed by atoms with van der Waals surface area (Å²) in [4.78, 5) is 12.6. The lowest BCUT2D eigenvalue weighted by Crippen LogP contribution is -2.27. The highest BCUT2D eigenvalue weighted by atomic mass is 35.5. The summed E-state index contributed by atoms with van der Waals surface area (Å²) in [6, 6.07) is 4.45. The van der Waals surface area contributed by atoms with Crippen LogP contribution < -0.4 is 10.0 Å². The van der Waals surface area contributed by atoms with E-state index in [1.54, 1.807) is 19.1 Å². The summed E-state index contributed by atoms with van der Waals surface area (Å²) in [5, 5.41) is 12.7. The standard InChI is InChI=1S/C19H27ClFN5O3S/c1-11(2)8-13(10-27)22-18-23-16(24-19(25-18)26-30(4,28)29)9-12(3)14-6-5-7-15(20)17(14)21/h5-7,11-13,27H,8-10H2,1-4H3,(H2,22,23,24,25,26)/t12?,13-/m1/s1. The minimum atomic E-state index is -3.61. The highest BCUT2D eigenvalue weighted by molar-refractivity contribution is 7.91. The van der Waals surface area contributed by atoms with E-state index in [1.807, 2.05) is 13.8 Å². The van der Waals surface area contributed by atoms with E-state index in [2.05, 4.69) is 25.0 Å². The molecular formula is C19H27ClFN5O3S. The van der Waals surface area contributed by atoms with Gasteiger partial charge < -0.3 is 10.4 Å². The molecule has 0 aliphatic carbocycles. The Morgan fingerprint density at radius 3 is 2.43 bits per heavy atom. The Morgan fingerprint density at radius 1 is 1.17 bits per heavy atom. The van der Waals surface area contributed by atoms with Crippen molar-refractivity contribution < 1.29 is 17.9 Å². The number of aliphatic hydroxyl groups is 1. The summed E-state index contributed by atoms with van der Waals surface area (Å²) in [6.45, 7) is 5.69. The Balaban J connectivity index is 2.34. The fourth-order valence-electron chi connectivity index (χ4n) is 3.00. The maximum atomic E-state index is 14.4. The molecule has 30 heavy (non-hydrogen) atoms. The predicted molar refractivity (Wildman–Crippen MR) is 116 cm³/mol. The largest absolute Gasteiger partial charge is 0.394 e. The molecule has 1 aromatic heterocycles. The number of halogens is 2. The molecule has 0 saturated carbocycles. The Bertz CT molecular complexity index is 975. The van der Waals surface area contributed by atoms with Gasteiger partial charge in [0.05, 0.1) is 23.9 Å². The van der Waals surface area contributed by atoms with Crippen molar-refractivity contribution in [2.45, 2.75) is 45.6 Å². The van der Waals surface area contributed by atoms with Gasteiger partial charge in [0.25, 0.3) is 0 Å². The first-order valence-corrected chi connectivity index (χ1v) is 11.8. The second-order valence-electron chi connectivity index (χ2n) is 7.67. The molecule has 1 aromatic carbocycles. The third-order valence-corrected chi connectivity index (χ3v) is 5.11. The van der Waals surface area contributed by atoms with Crippen molar-refractivity contribution >= 4 is 33.5 Å². The minimum Gasteiger partial charge on any atom is -0.394 e. The molecular weight excluding hydrogens is 433 g/mol. The summed E-state index contributed by atoms with van der Waals surface area (Å²) in [6.07, 6.45) is 1.88. The van der Waals surface area contributed by atoms with Crippen molar-refractivity contribution in [3.63, 3.8) is 0 Å². The quantitative estimate of drug-likeness (QED) is 0.499. The first-order chi connectivity index (χ1) is 14.0. The lowest BCUT2D eigenvalue weighted by molar-refractivity contribution is 0.259. The first kappa shape index (κ1) is 24.2. The van der Waals surface area contributed by atoms with Crippen molar-refractivity contribution in [2.24, 2.45) is 5.92 Å². The molecule has 0 radical (unpaired) electrons. The number of rotatable bonds is 10. The molecule has 1 heterocycles. The number of hydrogen-bond donors (Lipinski definition) is 3. The second-order valence-corrected chi connectivity index (χ2v) is 9.83. The number of anilines is 2. The fraction of sp³-hybridized carbons (Fsp3) is 0.526. The maximum Gasteiger partial charge on any atom is 0.241 e. The van der Waals surface area contributed by atoms with Crippen molar-refractivity contribution in [3.8, 4) is 0 Å². The van der Waals surface area contributed by atoms with Crippen LogP contribution in [0.5, 0.6) is 0 Å². The summed E-state index contributed by atoms with van der Waals surface area (Å²) < 4.78 is 39.9. The molecule has 2 atom stereocenters. The molecule has 3 N–H and O–H groups in total. The zero-order valence-corrected chi connectivity index (χ0v) is 18.9. The molecule has 2 aromatic rings. The minimum absolute atomic E-state index is 0.0243. The molecule has 0 spiro atoms. The second kappa shape index (κ2) is 10.3. The predicted octanol–water partition coefficient (Wildman–Crippen LogP) is 3.20. The lowest BCUT2D eigenvalue weighted by atomic mass is 9.97. The first-order valence-electron chi connectivity index (χ1n) is 9.52. The monoisotopic (exact) mass is 459 g/mol. The van der Waals surface area contributed by atoms with E-state index in [1.165, 1.54) is 6.07 Å². The van der Waals surface area contributed by atoms with Gasteiger partial charge in [0.1, 0.15) is 11.6 Å². The van der Waals surface area contributed by atoms with E-state index < -0.39 is 15.8 Å². The van der Waals surface area contributed by atoms with Gasteiger partial charge in [-0.05, 0) is 29.9 Å². The number of hydrogen-bond acceptors (Lipinski definition) is 7. The number of benzene rings is 1. The Labute approximate surface area is 181 Å². The molecule has 11 heteroatoms. The van der Waals surface area contributed by atoms with E-state index in [0.717, 1.165) is 6.26 Å². The zero-order chi connectivity index (χ0) is 22.5. The normalized spacial score (nSPS) is 13.9.